The summed E-state index contributed by atoms with van der Waals surface area (Å²) in [5.74, 6) is 0.252. The Morgan fingerprint density at radius 2 is 2.35 bits per heavy atom. The van der Waals surface area contributed by atoms with Crippen LogP contribution in [0.1, 0.15) is 19.3 Å². The molecule has 0 amide bonds. The molecular formula is C13H11NO3. The second kappa shape index (κ2) is 5.17. The zero-order chi connectivity index (χ0) is 12.1. The van der Waals surface area contributed by atoms with Crippen molar-refractivity contribution in [1.29, 1.82) is 5.26 Å². The number of hydrogen-bond donors (Lipinski definition) is 0. The van der Waals surface area contributed by atoms with Gasteiger partial charge in [0, 0.05) is 0 Å². The third-order valence-corrected chi connectivity index (χ3v) is 2.41. The van der Waals surface area contributed by atoms with E-state index < -0.39 is 0 Å². The van der Waals surface area contributed by atoms with Crippen LogP contribution < -0.4 is 0 Å². The van der Waals surface area contributed by atoms with Gasteiger partial charge in [-0.2, -0.15) is 5.26 Å². The summed E-state index contributed by atoms with van der Waals surface area (Å²) in [6.07, 6.45) is 10.2. The van der Waals surface area contributed by atoms with E-state index in [0.29, 0.717) is 5.76 Å². The van der Waals surface area contributed by atoms with Gasteiger partial charge in [0.2, 0.25) is 11.5 Å². The summed E-state index contributed by atoms with van der Waals surface area (Å²) < 4.78 is 10.5. The van der Waals surface area contributed by atoms with E-state index in [0.717, 1.165) is 18.4 Å². The summed E-state index contributed by atoms with van der Waals surface area (Å²) in [7, 11) is 0. The van der Waals surface area contributed by atoms with Gasteiger partial charge >= 0.3 is 0 Å². The molecule has 1 aliphatic carbocycles. The SMILES string of the molecule is N#CCC(=O)C1=COC=C(C2=CC=CCC2)O1. The van der Waals surface area contributed by atoms with Gasteiger partial charge in [-0.1, -0.05) is 18.2 Å². The van der Waals surface area contributed by atoms with E-state index in [1.165, 1.54) is 12.5 Å². The number of allylic oxidation sites excluding steroid dienone is 5. The van der Waals surface area contributed by atoms with Crippen molar-refractivity contribution in [3.63, 3.8) is 0 Å². The molecule has 0 bridgehead atoms. The van der Waals surface area contributed by atoms with E-state index in [1.54, 1.807) is 6.07 Å². The second-order valence-corrected chi connectivity index (χ2v) is 3.62. The lowest BCUT2D eigenvalue weighted by Crippen LogP contribution is -2.10. The molecule has 0 saturated carbocycles. The van der Waals surface area contributed by atoms with Crippen LogP contribution >= 0.6 is 0 Å². The molecule has 4 nitrogen and oxygen atoms in total. The Hall–Kier alpha value is -2.28. The molecule has 0 N–H and O–H groups in total. The van der Waals surface area contributed by atoms with Crippen molar-refractivity contribution in [3.05, 3.63) is 47.8 Å². The van der Waals surface area contributed by atoms with Crippen LogP contribution in [0.15, 0.2) is 47.8 Å². The van der Waals surface area contributed by atoms with Gasteiger partial charge in [0.1, 0.15) is 18.9 Å². The number of ketones is 1. The molecule has 0 aromatic rings. The quantitative estimate of drug-likeness (QED) is 0.745. The number of ether oxygens (including phenoxy) is 2. The molecule has 2 aliphatic rings. The molecule has 1 aliphatic heterocycles. The summed E-state index contributed by atoms with van der Waals surface area (Å²) in [5, 5.41) is 8.45. The van der Waals surface area contributed by atoms with E-state index >= 15 is 0 Å². The molecule has 0 aromatic carbocycles. The van der Waals surface area contributed by atoms with Crippen LogP contribution in [0.3, 0.4) is 0 Å². The van der Waals surface area contributed by atoms with Crippen molar-refractivity contribution in [1.82, 2.24) is 0 Å². The molecule has 0 fully saturated rings. The Balaban J connectivity index is 2.07. The standard InChI is InChI=1S/C13H11NO3/c14-7-6-11(15)13-9-16-8-12(17-13)10-4-2-1-3-5-10/h1-2,4,8-9H,3,5-6H2. The van der Waals surface area contributed by atoms with Gasteiger partial charge in [-0.05, 0) is 18.4 Å². The highest BCUT2D eigenvalue weighted by Crippen LogP contribution is 2.26. The number of nitriles is 1. The number of hydrogen-bond acceptors (Lipinski definition) is 4. The van der Waals surface area contributed by atoms with Crippen LogP contribution in [0.2, 0.25) is 0 Å². The Kier molecular flexibility index (Phi) is 3.41. The Morgan fingerprint density at radius 1 is 1.47 bits per heavy atom. The highest BCUT2D eigenvalue weighted by Gasteiger charge is 2.19. The van der Waals surface area contributed by atoms with Gasteiger partial charge in [-0.3, -0.25) is 4.79 Å². The van der Waals surface area contributed by atoms with Crippen LogP contribution in [0, 0.1) is 11.3 Å². The van der Waals surface area contributed by atoms with Gasteiger partial charge < -0.3 is 9.47 Å². The zero-order valence-electron chi connectivity index (χ0n) is 9.18. The lowest BCUT2D eigenvalue weighted by atomic mass is 10.0. The topological polar surface area (TPSA) is 59.3 Å². The van der Waals surface area contributed by atoms with Gasteiger partial charge in [0.15, 0.2) is 5.76 Å². The average molecular weight is 229 g/mol. The predicted molar refractivity (Wildman–Crippen MR) is 60.0 cm³/mol. The predicted octanol–water partition coefficient (Wildman–Crippen LogP) is 2.48. The number of carbonyl (C=O) groups excluding carboxylic acids is 1. The maximum Gasteiger partial charge on any atom is 0.215 e. The van der Waals surface area contributed by atoms with Gasteiger partial charge in [-0.15, -0.1) is 0 Å². The molecule has 86 valence electrons. The molecule has 0 saturated heterocycles. The molecule has 0 aromatic heterocycles. The Labute approximate surface area is 99.1 Å². The third-order valence-electron chi connectivity index (χ3n) is 2.41. The van der Waals surface area contributed by atoms with Crippen molar-refractivity contribution >= 4 is 5.78 Å². The van der Waals surface area contributed by atoms with E-state index in [1.807, 2.05) is 12.2 Å². The highest BCUT2D eigenvalue weighted by molar-refractivity contribution is 5.94. The minimum absolute atomic E-state index is 0.0829. The van der Waals surface area contributed by atoms with Gasteiger partial charge in [0.05, 0.1) is 6.07 Å². The Morgan fingerprint density at radius 3 is 3.06 bits per heavy atom. The summed E-state index contributed by atoms with van der Waals surface area (Å²) in [4.78, 5) is 11.5. The first-order valence-corrected chi connectivity index (χ1v) is 5.31. The first kappa shape index (κ1) is 11.2. The van der Waals surface area contributed by atoms with Crippen LogP contribution in [0.5, 0.6) is 0 Å². The molecule has 4 heteroatoms. The summed E-state index contributed by atoms with van der Waals surface area (Å²) in [6, 6.07) is 1.79. The molecule has 17 heavy (non-hydrogen) atoms. The van der Waals surface area contributed by atoms with Crippen molar-refractivity contribution in [2.45, 2.75) is 19.3 Å². The van der Waals surface area contributed by atoms with Gasteiger partial charge in [0.25, 0.3) is 0 Å². The normalized spacial score (nSPS) is 17.9. The number of carbonyl (C=O) groups is 1. The highest BCUT2D eigenvalue weighted by atomic mass is 16.5. The van der Waals surface area contributed by atoms with Gasteiger partial charge in [-0.25, -0.2) is 0 Å². The van der Waals surface area contributed by atoms with Crippen molar-refractivity contribution < 1.29 is 14.3 Å². The molecule has 1 heterocycles. The van der Waals surface area contributed by atoms with Crippen LogP contribution in [-0.2, 0) is 14.3 Å². The summed E-state index contributed by atoms with van der Waals surface area (Å²) in [6.45, 7) is 0. The van der Waals surface area contributed by atoms with E-state index in [-0.39, 0.29) is 18.0 Å². The van der Waals surface area contributed by atoms with Crippen LogP contribution in [-0.4, -0.2) is 5.78 Å². The summed E-state index contributed by atoms with van der Waals surface area (Å²) in [5.41, 5.74) is 0.989. The number of nitrogens with zero attached hydrogens (tertiary/aromatic N) is 1. The fourth-order valence-electron chi connectivity index (χ4n) is 1.55. The van der Waals surface area contributed by atoms with E-state index in [4.69, 9.17) is 14.7 Å². The van der Waals surface area contributed by atoms with Crippen LogP contribution in [0.25, 0.3) is 0 Å². The van der Waals surface area contributed by atoms with Crippen molar-refractivity contribution in [3.8, 4) is 6.07 Å². The van der Waals surface area contributed by atoms with E-state index in [2.05, 4.69) is 6.08 Å². The minimum Gasteiger partial charge on any atom is -0.465 e. The maximum absolute atomic E-state index is 11.5. The van der Waals surface area contributed by atoms with Crippen molar-refractivity contribution in [2.24, 2.45) is 0 Å². The zero-order valence-corrected chi connectivity index (χ0v) is 9.18. The number of rotatable bonds is 3. The number of Topliss-reactive ketones (excluding diaryl/α,β-unsaturated/α-hetero) is 1. The largest absolute Gasteiger partial charge is 0.465 e. The molecule has 0 unspecified atom stereocenters. The smallest absolute Gasteiger partial charge is 0.215 e. The third kappa shape index (κ3) is 2.64. The summed E-state index contributed by atoms with van der Waals surface area (Å²) >= 11 is 0. The molecular weight excluding hydrogens is 218 g/mol. The fraction of sp³-hybridized carbons (Fsp3) is 0.231. The van der Waals surface area contributed by atoms with E-state index in [9.17, 15) is 4.79 Å². The first-order valence-electron chi connectivity index (χ1n) is 5.31. The lowest BCUT2D eigenvalue weighted by Gasteiger charge is -2.18. The second-order valence-electron chi connectivity index (χ2n) is 3.62. The fourth-order valence-corrected chi connectivity index (χ4v) is 1.55. The minimum atomic E-state index is -0.370. The molecule has 0 atom stereocenters. The Bertz CT molecular complexity index is 489. The molecule has 0 spiro atoms. The molecule has 2 rings (SSSR count). The van der Waals surface area contributed by atoms with Crippen molar-refractivity contribution in [2.75, 3.05) is 0 Å². The average Bonchev–Trinajstić information content (AvgIpc) is 2.40. The maximum atomic E-state index is 11.5. The monoisotopic (exact) mass is 229 g/mol. The lowest BCUT2D eigenvalue weighted by molar-refractivity contribution is -0.117. The molecule has 0 radical (unpaired) electrons. The first-order chi connectivity index (χ1) is 8.31. The van der Waals surface area contributed by atoms with Crippen LogP contribution in [0.4, 0.5) is 0 Å².